The number of hydrogen-bond acceptors (Lipinski definition) is 4. The van der Waals surface area contributed by atoms with Crippen molar-refractivity contribution in [3.8, 4) is 5.75 Å². The number of halogens is 1. The summed E-state index contributed by atoms with van der Waals surface area (Å²) in [6.07, 6.45) is 0. The number of hydrogen-bond donors (Lipinski definition) is 0. The van der Waals surface area contributed by atoms with E-state index >= 15 is 0 Å². The molecule has 0 fully saturated rings. The minimum absolute atomic E-state index is 0.260. The maximum atomic E-state index is 13.2. The fourth-order valence-corrected chi connectivity index (χ4v) is 3.21. The van der Waals surface area contributed by atoms with Crippen LogP contribution in [0.2, 0.25) is 25.7 Å². The highest BCUT2D eigenvalue weighted by atomic mass is 28.3. The van der Waals surface area contributed by atoms with Gasteiger partial charge in [-0.05, 0) is 35.9 Å². The first-order valence-electron chi connectivity index (χ1n) is 8.59. The van der Waals surface area contributed by atoms with Crippen LogP contribution in [-0.2, 0) is 4.74 Å². The van der Waals surface area contributed by atoms with E-state index in [0.717, 1.165) is 17.3 Å². The summed E-state index contributed by atoms with van der Waals surface area (Å²) in [5.41, 5.74) is 2.72. The van der Waals surface area contributed by atoms with Gasteiger partial charge in [-0.2, -0.15) is 0 Å². The van der Waals surface area contributed by atoms with E-state index < -0.39 is 8.07 Å². The van der Waals surface area contributed by atoms with Crippen molar-refractivity contribution in [2.45, 2.75) is 25.7 Å². The maximum Gasteiger partial charge on any atom is 0.338 e. The van der Waals surface area contributed by atoms with Crippen molar-refractivity contribution >= 4 is 25.4 Å². The molecule has 2 aromatic carbocycles. The molecule has 0 bridgehead atoms. The SMILES string of the molecule is C[Si](C)(C)CCOC(=O)c1ccc(C2=Nc3ccc(F)cc3OC2)cc1. The predicted molar refractivity (Wildman–Crippen MR) is 103 cm³/mol. The van der Waals surface area contributed by atoms with Crippen LogP contribution in [0.5, 0.6) is 5.75 Å². The van der Waals surface area contributed by atoms with Gasteiger partial charge in [-0.15, -0.1) is 0 Å². The van der Waals surface area contributed by atoms with Crippen molar-refractivity contribution < 1.29 is 18.7 Å². The molecule has 0 saturated heterocycles. The molecular weight excluding hydrogens is 349 g/mol. The summed E-state index contributed by atoms with van der Waals surface area (Å²) in [7, 11) is -1.22. The van der Waals surface area contributed by atoms with Gasteiger partial charge in [-0.25, -0.2) is 14.2 Å². The van der Waals surface area contributed by atoms with E-state index in [1.807, 2.05) is 12.1 Å². The number of ether oxygens (including phenoxy) is 2. The molecule has 0 radical (unpaired) electrons. The van der Waals surface area contributed by atoms with Crippen molar-refractivity contribution in [1.29, 1.82) is 0 Å². The molecule has 0 unspecified atom stereocenters. The van der Waals surface area contributed by atoms with E-state index in [1.54, 1.807) is 18.2 Å². The van der Waals surface area contributed by atoms with Gasteiger partial charge in [-0.1, -0.05) is 31.8 Å². The first-order valence-corrected chi connectivity index (χ1v) is 12.3. The summed E-state index contributed by atoms with van der Waals surface area (Å²) >= 11 is 0. The number of carbonyl (C=O) groups is 1. The highest BCUT2D eigenvalue weighted by Gasteiger charge is 2.17. The highest BCUT2D eigenvalue weighted by molar-refractivity contribution is 6.76. The van der Waals surface area contributed by atoms with Crippen LogP contribution in [0.3, 0.4) is 0 Å². The van der Waals surface area contributed by atoms with Gasteiger partial charge in [0.15, 0.2) is 0 Å². The summed E-state index contributed by atoms with van der Waals surface area (Å²) in [6, 6.07) is 12.3. The Morgan fingerprint density at radius 2 is 1.92 bits per heavy atom. The smallest absolute Gasteiger partial charge is 0.338 e. The van der Waals surface area contributed by atoms with E-state index in [1.165, 1.54) is 12.1 Å². The third kappa shape index (κ3) is 4.57. The third-order valence-corrected chi connectivity index (χ3v) is 5.78. The van der Waals surface area contributed by atoms with Crippen molar-refractivity contribution in [2.75, 3.05) is 13.2 Å². The van der Waals surface area contributed by atoms with Gasteiger partial charge in [0.25, 0.3) is 0 Å². The standard InChI is InChI=1S/C20H22FNO3Si/c1-26(2,3)11-10-24-20(23)15-6-4-14(5-7-15)18-13-25-19-12-16(21)8-9-17(19)22-18/h4-9,12H,10-11,13H2,1-3H3. The zero-order valence-corrected chi connectivity index (χ0v) is 16.2. The van der Waals surface area contributed by atoms with Crippen LogP contribution in [0.1, 0.15) is 15.9 Å². The quantitative estimate of drug-likeness (QED) is 0.558. The predicted octanol–water partition coefficient (Wildman–Crippen LogP) is 4.83. The largest absolute Gasteiger partial charge is 0.485 e. The lowest BCUT2D eigenvalue weighted by molar-refractivity contribution is 0.0525. The molecule has 6 heteroatoms. The van der Waals surface area contributed by atoms with Crippen LogP contribution in [-0.4, -0.2) is 33.0 Å². The number of aliphatic imine (C=N–C) groups is 1. The number of benzene rings is 2. The Bertz CT molecular complexity index is 841. The van der Waals surface area contributed by atoms with Gasteiger partial charge in [0.05, 0.1) is 17.9 Å². The van der Waals surface area contributed by atoms with Crippen LogP contribution >= 0.6 is 0 Å². The second-order valence-corrected chi connectivity index (χ2v) is 13.1. The average Bonchev–Trinajstić information content (AvgIpc) is 2.60. The van der Waals surface area contributed by atoms with E-state index in [4.69, 9.17) is 9.47 Å². The number of carbonyl (C=O) groups excluding carboxylic acids is 1. The molecule has 0 aromatic heterocycles. The second kappa shape index (κ2) is 7.41. The van der Waals surface area contributed by atoms with E-state index in [9.17, 15) is 9.18 Å². The Balaban J connectivity index is 1.68. The molecule has 136 valence electrons. The first-order chi connectivity index (χ1) is 12.3. The summed E-state index contributed by atoms with van der Waals surface area (Å²) < 4.78 is 24.1. The Kier molecular flexibility index (Phi) is 5.22. The number of fused-ring (bicyclic) bond motifs is 1. The Labute approximate surface area is 153 Å². The van der Waals surface area contributed by atoms with Crippen molar-refractivity contribution in [2.24, 2.45) is 4.99 Å². The molecule has 3 rings (SSSR count). The number of esters is 1. The van der Waals surface area contributed by atoms with Gasteiger partial charge in [-0.3, -0.25) is 0 Å². The molecule has 1 aliphatic heterocycles. The first kappa shape index (κ1) is 18.3. The third-order valence-electron chi connectivity index (χ3n) is 4.08. The molecule has 26 heavy (non-hydrogen) atoms. The minimum atomic E-state index is -1.22. The van der Waals surface area contributed by atoms with E-state index in [0.29, 0.717) is 23.6 Å². The summed E-state index contributed by atoms with van der Waals surface area (Å²) in [5.74, 6) is -0.215. The van der Waals surface area contributed by atoms with Crippen molar-refractivity contribution in [1.82, 2.24) is 0 Å². The minimum Gasteiger partial charge on any atom is -0.485 e. The van der Waals surface area contributed by atoms with Crippen molar-refractivity contribution in [3.63, 3.8) is 0 Å². The van der Waals surface area contributed by atoms with Gasteiger partial charge in [0.1, 0.15) is 23.9 Å². The molecule has 1 heterocycles. The van der Waals surface area contributed by atoms with E-state index in [2.05, 4.69) is 24.6 Å². The highest BCUT2D eigenvalue weighted by Crippen LogP contribution is 2.32. The zero-order valence-electron chi connectivity index (χ0n) is 15.2. The Hall–Kier alpha value is -2.47. The normalized spacial score (nSPS) is 13.5. The summed E-state index contributed by atoms with van der Waals surface area (Å²) in [6.45, 7) is 7.46. The molecule has 0 saturated carbocycles. The Morgan fingerprint density at radius 3 is 2.62 bits per heavy atom. The second-order valence-electron chi connectivity index (χ2n) is 7.48. The summed E-state index contributed by atoms with van der Waals surface area (Å²) in [4.78, 5) is 16.6. The van der Waals surface area contributed by atoms with Gasteiger partial charge in [0.2, 0.25) is 0 Å². The van der Waals surface area contributed by atoms with Crippen LogP contribution < -0.4 is 4.74 Å². The molecule has 2 aromatic rings. The molecule has 0 atom stereocenters. The summed E-state index contributed by atoms with van der Waals surface area (Å²) in [5, 5.41) is 0. The lowest BCUT2D eigenvalue weighted by Crippen LogP contribution is -2.22. The van der Waals surface area contributed by atoms with Crippen molar-refractivity contribution in [3.05, 3.63) is 59.4 Å². The molecule has 1 aliphatic rings. The Morgan fingerprint density at radius 1 is 1.19 bits per heavy atom. The molecule has 0 aliphatic carbocycles. The van der Waals surface area contributed by atoms with Gasteiger partial charge >= 0.3 is 5.97 Å². The fraction of sp³-hybridized carbons (Fsp3) is 0.300. The topological polar surface area (TPSA) is 47.9 Å². The monoisotopic (exact) mass is 371 g/mol. The molecule has 0 N–H and O–H groups in total. The van der Waals surface area contributed by atoms with E-state index in [-0.39, 0.29) is 18.4 Å². The lowest BCUT2D eigenvalue weighted by atomic mass is 10.1. The van der Waals surface area contributed by atoms with Gasteiger partial charge in [0, 0.05) is 14.1 Å². The number of nitrogens with zero attached hydrogens (tertiary/aromatic N) is 1. The van der Waals surface area contributed by atoms with Crippen LogP contribution in [0.4, 0.5) is 10.1 Å². The van der Waals surface area contributed by atoms with Crippen LogP contribution in [0, 0.1) is 5.82 Å². The van der Waals surface area contributed by atoms with Crippen LogP contribution in [0.25, 0.3) is 0 Å². The van der Waals surface area contributed by atoms with Gasteiger partial charge < -0.3 is 9.47 Å². The maximum absolute atomic E-state index is 13.2. The zero-order chi connectivity index (χ0) is 18.7. The molecule has 4 nitrogen and oxygen atoms in total. The van der Waals surface area contributed by atoms with Crippen LogP contribution in [0.15, 0.2) is 47.5 Å². The lowest BCUT2D eigenvalue weighted by Gasteiger charge is -2.17. The number of rotatable bonds is 5. The fourth-order valence-electron chi connectivity index (χ4n) is 2.50. The molecular formula is C20H22FNO3Si. The molecule has 0 amide bonds. The molecule has 0 spiro atoms. The average molecular weight is 371 g/mol.